The highest BCUT2D eigenvalue weighted by molar-refractivity contribution is 7.18. The lowest BCUT2D eigenvalue weighted by Gasteiger charge is -2.48. The van der Waals surface area contributed by atoms with Crippen LogP contribution in [0.25, 0.3) is 21.6 Å². The Hall–Kier alpha value is -3.31. The van der Waals surface area contributed by atoms with E-state index in [1.165, 1.54) is 25.4 Å². The van der Waals surface area contributed by atoms with Crippen LogP contribution in [0.3, 0.4) is 0 Å². The Labute approximate surface area is 458 Å². The number of hydrogen-bond acceptors (Lipinski definition) is 17. The molecule has 18 atom stereocenters. The molecule has 3 aromatic rings. The molecular weight excluding hydrogens is 1020 g/mol. The Morgan fingerprint density at radius 2 is 1.62 bits per heavy atom. The number of cyclic esters (lactones) is 1. The molecular formula is C57H84ClN3O14S. The highest BCUT2D eigenvalue weighted by Crippen LogP contribution is 2.51. The van der Waals surface area contributed by atoms with Crippen molar-refractivity contribution < 1.29 is 68.3 Å². The standard InChI is InChI=1S/C57H84ClN3O14S/c1-14-44-57(10,68)49(63)34(6)61(23-17-22-59-52(65)43-26-38-37-18-15-16-19-41(37)72-42-21-20-36(58)25-39(42)48(38)76-43)29-30(2)27-55(8,67)51(75-54-46(62)40(60(11)12)24-31(3)70-54)32(4)47(33(5)53(66)73-44)74-45-28-56(9,69-13)50(64)35(7)71-45/h15-16,18-21,25-26,30-35,40,44-47,49-51,54,62-64,67-68H,14,17,22-24,27-29H2,1-13H3,(H,59,65)/t30-,31-,32+,33-,34-,35+,40+,44-,45+,46-,47+,49-,50+,51-,54+,55-,56-,57-/m1/s1. The summed E-state index contributed by atoms with van der Waals surface area (Å²) in [6, 6.07) is 14.0. The molecule has 424 valence electrons. The van der Waals surface area contributed by atoms with E-state index in [2.05, 4.69) is 5.32 Å². The lowest BCUT2D eigenvalue weighted by atomic mass is 9.77. The van der Waals surface area contributed by atoms with Gasteiger partial charge in [-0.1, -0.05) is 50.6 Å². The van der Waals surface area contributed by atoms with Crippen molar-refractivity contribution in [3.63, 3.8) is 0 Å². The lowest BCUT2D eigenvalue weighted by Crippen LogP contribution is -2.60. The third-order valence-electron chi connectivity index (χ3n) is 16.5. The van der Waals surface area contributed by atoms with E-state index in [1.807, 2.05) is 87.1 Å². The van der Waals surface area contributed by atoms with E-state index >= 15 is 0 Å². The zero-order chi connectivity index (χ0) is 55.8. The summed E-state index contributed by atoms with van der Waals surface area (Å²) < 4.78 is 44.6. The Balaban J connectivity index is 1.18. The number of amides is 1. The van der Waals surface area contributed by atoms with Crippen molar-refractivity contribution in [3.8, 4) is 33.1 Å². The Morgan fingerprint density at radius 1 is 0.921 bits per heavy atom. The maximum absolute atomic E-state index is 14.7. The van der Waals surface area contributed by atoms with Gasteiger partial charge in [-0.3, -0.25) is 14.5 Å². The van der Waals surface area contributed by atoms with Crippen molar-refractivity contribution in [2.24, 2.45) is 17.8 Å². The van der Waals surface area contributed by atoms with Crippen LogP contribution in [0.1, 0.15) is 111 Å². The van der Waals surface area contributed by atoms with Crippen LogP contribution >= 0.6 is 22.9 Å². The number of halogens is 1. The number of fused-ring (bicyclic) bond motifs is 5. The zero-order valence-electron chi connectivity index (χ0n) is 46.5. The SMILES string of the molecule is CC[C@H]1OC(=O)[C@H](C)[C@@H](O[C@H]2C[C@@](C)(OC)[C@@H](O)[C@H](C)O2)[C@H](C)[C@@H](O[C@@H]2O[C@H](C)C[C@H](N(C)C)[C@H]2O)[C@](C)(O)C[C@@H](C)CN(CCCNC(=O)c2cc3c(s2)-c2cc(Cl)ccc2Oc2ccccc2-3)[C@H](C)[C@@H](O)[C@]1(C)O. The summed E-state index contributed by atoms with van der Waals surface area (Å²) in [5.41, 5.74) is -2.20. The summed E-state index contributed by atoms with van der Waals surface area (Å²) in [7, 11) is 5.25. The van der Waals surface area contributed by atoms with Gasteiger partial charge in [-0.15, -0.1) is 11.3 Å². The summed E-state index contributed by atoms with van der Waals surface area (Å²) in [6.07, 6.45) is -8.82. The predicted molar refractivity (Wildman–Crippen MR) is 290 cm³/mol. The quantitative estimate of drug-likeness (QED) is 0.0608. The fourth-order valence-corrected chi connectivity index (χ4v) is 13.3. The Kier molecular flexibility index (Phi) is 19.5. The zero-order valence-corrected chi connectivity index (χ0v) is 48.1. The van der Waals surface area contributed by atoms with Gasteiger partial charge in [0.25, 0.3) is 5.91 Å². The first-order valence-electron chi connectivity index (χ1n) is 27.0. The molecule has 3 fully saturated rings. The second-order valence-electron chi connectivity index (χ2n) is 22.9. The van der Waals surface area contributed by atoms with Crippen molar-refractivity contribution >= 4 is 34.8 Å². The number of nitrogens with one attached hydrogen (secondary N) is 1. The summed E-state index contributed by atoms with van der Waals surface area (Å²) in [5.74, 6) is -1.90. The molecule has 4 aliphatic rings. The molecule has 7 rings (SSSR count). The monoisotopic (exact) mass is 1100 g/mol. The summed E-state index contributed by atoms with van der Waals surface area (Å²) in [4.78, 5) is 34.0. The van der Waals surface area contributed by atoms with Gasteiger partial charge in [0.1, 0.15) is 41.5 Å². The minimum absolute atomic E-state index is 0.0901. The number of nitrogens with zero attached hydrogens (tertiary/aromatic N) is 2. The van der Waals surface area contributed by atoms with Gasteiger partial charge in [-0.05, 0) is 124 Å². The van der Waals surface area contributed by atoms with Gasteiger partial charge in [0.2, 0.25) is 0 Å². The number of aliphatic hydroxyl groups is 5. The highest BCUT2D eigenvalue weighted by Gasteiger charge is 2.53. The van der Waals surface area contributed by atoms with E-state index in [0.717, 1.165) is 21.6 Å². The summed E-state index contributed by atoms with van der Waals surface area (Å²) in [5, 5.41) is 64.2. The number of ether oxygens (including phenoxy) is 7. The molecule has 1 amide bonds. The third-order valence-corrected chi connectivity index (χ3v) is 17.9. The summed E-state index contributed by atoms with van der Waals surface area (Å²) in [6.45, 7) is 18.5. The molecule has 4 aliphatic heterocycles. The number of hydrogen-bond donors (Lipinski definition) is 6. The van der Waals surface area contributed by atoms with Gasteiger partial charge in [-0.2, -0.15) is 0 Å². The van der Waals surface area contributed by atoms with Crippen LogP contribution < -0.4 is 10.1 Å². The van der Waals surface area contributed by atoms with Crippen LogP contribution in [-0.4, -0.2) is 178 Å². The molecule has 0 saturated carbocycles. The van der Waals surface area contributed by atoms with E-state index in [9.17, 15) is 35.1 Å². The van der Waals surface area contributed by atoms with Crippen LogP contribution in [0.4, 0.5) is 0 Å². The van der Waals surface area contributed by atoms with Crippen LogP contribution in [0, 0.1) is 17.8 Å². The smallest absolute Gasteiger partial charge is 0.311 e. The fraction of sp³-hybridized carbons (Fsp3) is 0.684. The van der Waals surface area contributed by atoms with Crippen molar-refractivity contribution in [3.05, 3.63) is 58.4 Å². The van der Waals surface area contributed by atoms with Crippen LogP contribution in [0.15, 0.2) is 48.5 Å². The minimum Gasteiger partial charge on any atom is -0.459 e. The predicted octanol–water partition coefficient (Wildman–Crippen LogP) is 7.25. The number of para-hydroxylation sites is 1. The van der Waals surface area contributed by atoms with Gasteiger partial charge in [0.15, 0.2) is 12.6 Å². The normalized spacial score (nSPS) is 37.8. The largest absolute Gasteiger partial charge is 0.459 e. The van der Waals surface area contributed by atoms with Crippen LogP contribution in [-0.2, 0) is 33.2 Å². The van der Waals surface area contributed by atoms with Crippen LogP contribution in [0.2, 0.25) is 5.02 Å². The summed E-state index contributed by atoms with van der Waals surface area (Å²) >= 11 is 7.83. The van der Waals surface area contributed by atoms with Gasteiger partial charge in [0.05, 0.1) is 46.4 Å². The number of methoxy groups -OCH3 is 1. The fourth-order valence-electron chi connectivity index (χ4n) is 12.0. The molecule has 3 saturated heterocycles. The van der Waals surface area contributed by atoms with Crippen molar-refractivity contribution in [2.45, 2.75) is 192 Å². The first kappa shape index (κ1) is 60.3. The number of esters is 1. The molecule has 6 N–H and O–H groups in total. The number of carbonyl (C=O) groups is 2. The molecule has 0 radical (unpaired) electrons. The maximum atomic E-state index is 14.7. The number of rotatable bonds is 12. The number of likely N-dealkylation sites (N-methyl/N-ethyl adjacent to an activating group) is 1. The molecule has 19 heteroatoms. The molecule has 5 heterocycles. The van der Waals surface area contributed by atoms with Gasteiger partial charge in [-0.25, -0.2) is 0 Å². The number of benzene rings is 2. The molecule has 0 unspecified atom stereocenters. The molecule has 2 aromatic carbocycles. The topological polar surface area (TPSA) is 218 Å². The highest BCUT2D eigenvalue weighted by atomic mass is 35.5. The minimum atomic E-state index is -1.95. The molecule has 17 nitrogen and oxygen atoms in total. The molecule has 1 aromatic heterocycles. The van der Waals surface area contributed by atoms with Crippen molar-refractivity contribution in [2.75, 3.05) is 40.8 Å². The van der Waals surface area contributed by atoms with Gasteiger partial charge in [0, 0.05) is 77.8 Å². The molecule has 76 heavy (non-hydrogen) atoms. The van der Waals surface area contributed by atoms with E-state index < -0.39 is 96.0 Å². The Bertz CT molecular complexity index is 2460. The van der Waals surface area contributed by atoms with E-state index in [0.29, 0.717) is 47.3 Å². The molecule has 0 aliphatic carbocycles. The molecule has 0 spiro atoms. The second kappa shape index (κ2) is 24.6. The van der Waals surface area contributed by atoms with Gasteiger partial charge >= 0.3 is 5.97 Å². The van der Waals surface area contributed by atoms with Crippen molar-refractivity contribution in [1.82, 2.24) is 15.1 Å². The van der Waals surface area contributed by atoms with Crippen molar-refractivity contribution in [1.29, 1.82) is 0 Å². The molecule has 0 bridgehead atoms. The average Bonchev–Trinajstić information content (AvgIpc) is 3.77. The average molecular weight is 1100 g/mol. The lowest BCUT2D eigenvalue weighted by molar-refractivity contribution is -0.318. The first-order chi connectivity index (χ1) is 35.7. The first-order valence-corrected chi connectivity index (χ1v) is 28.2. The van der Waals surface area contributed by atoms with Crippen LogP contribution in [0.5, 0.6) is 11.5 Å². The number of thiophene rings is 1. The number of aliphatic hydroxyl groups excluding tert-OH is 3. The second-order valence-corrected chi connectivity index (χ2v) is 24.4. The van der Waals surface area contributed by atoms with Gasteiger partial charge < -0.3 is 68.9 Å². The number of carbonyl (C=O) groups excluding carboxylic acids is 2. The van der Waals surface area contributed by atoms with E-state index in [1.54, 1.807) is 47.6 Å². The van der Waals surface area contributed by atoms with E-state index in [4.69, 9.17) is 44.8 Å². The maximum Gasteiger partial charge on any atom is 0.311 e. The Morgan fingerprint density at radius 3 is 2.30 bits per heavy atom. The van der Waals surface area contributed by atoms with E-state index in [-0.39, 0.29) is 49.8 Å². The third kappa shape index (κ3) is 13.0.